The first-order valence-electron chi connectivity index (χ1n) is 8.91. The van der Waals surface area contributed by atoms with Gasteiger partial charge in [0.1, 0.15) is 5.75 Å². The highest BCUT2D eigenvalue weighted by molar-refractivity contribution is 5.80. The highest BCUT2D eigenvalue weighted by atomic mass is 16.5. The van der Waals surface area contributed by atoms with Crippen molar-refractivity contribution in [1.82, 2.24) is 10.2 Å². The van der Waals surface area contributed by atoms with Gasteiger partial charge in [0.25, 0.3) is 5.91 Å². The number of piperidine rings is 1. The molecule has 2 rings (SSSR count). The molecule has 1 saturated heterocycles. The Morgan fingerprint density at radius 2 is 1.92 bits per heavy atom. The van der Waals surface area contributed by atoms with E-state index in [0.29, 0.717) is 13.1 Å². The number of carbonyl (C=O) groups is 2. The van der Waals surface area contributed by atoms with Crippen LogP contribution in [-0.2, 0) is 16.0 Å². The number of para-hydroxylation sites is 1. The first kappa shape index (κ1) is 18.3. The molecule has 5 heteroatoms. The number of aryl methyl sites for hydroxylation is 1. The quantitative estimate of drug-likeness (QED) is 0.834. The molecule has 1 aliphatic rings. The molecular formula is C19H28N2O3. The van der Waals surface area contributed by atoms with Crippen LogP contribution in [0.15, 0.2) is 24.3 Å². The Labute approximate surface area is 144 Å². The number of ether oxygens (including phenoxy) is 1. The molecule has 24 heavy (non-hydrogen) atoms. The lowest BCUT2D eigenvalue weighted by atomic mass is 9.96. The summed E-state index contributed by atoms with van der Waals surface area (Å²) in [5.41, 5.74) is 1.11. The average molecular weight is 332 g/mol. The van der Waals surface area contributed by atoms with Gasteiger partial charge < -0.3 is 15.0 Å². The molecule has 1 fully saturated rings. The Morgan fingerprint density at radius 3 is 2.58 bits per heavy atom. The highest BCUT2D eigenvalue weighted by Crippen LogP contribution is 2.20. The van der Waals surface area contributed by atoms with E-state index in [1.807, 2.05) is 31.2 Å². The van der Waals surface area contributed by atoms with E-state index in [0.717, 1.165) is 43.5 Å². The van der Waals surface area contributed by atoms with Gasteiger partial charge in [-0.05, 0) is 37.3 Å². The number of benzene rings is 1. The maximum absolute atomic E-state index is 12.3. The van der Waals surface area contributed by atoms with E-state index < -0.39 is 0 Å². The van der Waals surface area contributed by atoms with Crippen molar-refractivity contribution in [1.29, 1.82) is 0 Å². The largest absolute Gasteiger partial charge is 0.483 e. The monoisotopic (exact) mass is 332 g/mol. The Hall–Kier alpha value is -2.04. The van der Waals surface area contributed by atoms with Gasteiger partial charge in [-0.1, -0.05) is 32.0 Å². The van der Waals surface area contributed by atoms with Gasteiger partial charge in [0.2, 0.25) is 5.91 Å². The lowest BCUT2D eigenvalue weighted by molar-refractivity contribution is -0.137. The number of nitrogens with zero attached hydrogens (tertiary/aromatic N) is 1. The second-order valence-corrected chi connectivity index (χ2v) is 6.20. The summed E-state index contributed by atoms with van der Waals surface area (Å²) < 4.78 is 5.70. The lowest BCUT2D eigenvalue weighted by Gasteiger charge is -2.31. The molecule has 1 aromatic rings. The molecule has 0 aromatic heterocycles. The number of nitrogens with one attached hydrogen (secondary N) is 1. The average Bonchev–Trinajstić information content (AvgIpc) is 2.64. The van der Waals surface area contributed by atoms with Crippen molar-refractivity contribution >= 4 is 11.8 Å². The van der Waals surface area contributed by atoms with E-state index >= 15 is 0 Å². The summed E-state index contributed by atoms with van der Waals surface area (Å²) in [6, 6.07) is 7.80. The SMILES string of the molecule is CCCNC(=O)C1CCN(C(=O)COc2ccccc2CC)CC1. The molecule has 1 N–H and O–H groups in total. The Balaban J connectivity index is 1.77. The smallest absolute Gasteiger partial charge is 0.260 e. The van der Waals surface area contributed by atoms with Crippen molar-refractivity contribution in [3.63, 3.8) is 0 Å². The molecule has 0 aliphatic carbocycles. The van der Waals surface area contributed by atoms with Crippen LogP contribution < -0.4 is 10.1 Å². The van der Waals surface area contributed by atoms with E-state index in [-0.39, 0.29) is 24.3 Å². The standard InChI is InChI=1S/C19H28N2O3/c1-3-11-20-19(23)16-9-12-21(13-10-16)18(22)14-24-17-8-6-5-7-15(17)4-2/h5-8,16H,3-4,9-14H2,1-2H3,(H,20,23). The second-order valence-electron chi connectivity index (χ2n) is 6.20. The zero-order valence-corrected chi connectivity index (χ0v) is 14.7. The minimum Gasteiger partial charge on any atom is -0.483 e. The van der Waals surface area contributed by atoms with Crippen LogP contribution in [0, 0.1) is 5.92 Å². The van der Waals surface area contributed by atoms with Crippen LogP contribution in [0.5, 0.6) is 5.75 Å². The van der Waals surface area contributed by atoms with Gasteiger partial charge in [-0.15, -0.1) is 0 Å². The number of hydrogen-bond acceptors (Lipinski definition) is 3. The van der Waals surface area contributed by atoms with Crippen LogP contribution in [0.25, 0.3) is 0 Å². The molecule has 0 unspecified atom stereocenters. The summed E-state index contributed by atoms with van der Waals surface area (Å²) in [6.45, 7) is 6.15. The van der Waals surface area contributed by atoms with E-state index in [2.05, 4.69) is 12.2 Å². The van der Waals surface area contributed by atoms with Gasteiger partial charge in [0, 0.05) is 25.6 Å². The fourth-order valence-electron chi connectivity index (χ4n) is 2.95. The van der Waals surface area contributed by atoms with Crippen molar-refractivity contribution in [3.8, 4) is 5.75 Å². The van der Waals surface area contributed by atoms with Crippen LogP contribution in [0.2, 0.25) is 0 Å². The predicted octanol–water partition coefficient (Wildman–Crippen LogP) is 2.39. The number of likely N-dealkylation sites (tertiary alicyclic amines) is 1. The Bertz CT molecular complexity index is 551. The zero-order chi connectivity index (χ0) is 17.4. The molecule has 132 valence electrons. The van der Waals surface area contributed by atoms with Crippen LogP contribution in [-0.4, -0.2) is 43.0 Å². The van der Waals surface area contributed by atoms with Crippen molar-refractivity contribution in [2.75, 3.05) is 26.2 Å². The highest BCUT2D eigenvalue weighted by Gasteiger charge is 2.27. The summed E-state index contributed by atoms with van der Waals surface area (Å²) >= 11 is 0. The second kappa shape index (κ2) is 9.30. The molecule has 0 saturated carbocycles. The van der Waals surface area contributed by atoms with Crippen molar-refractivity contribution < 1.29 is 14.3 Å². The molecule has 1 aromatic carbocycles. The van der Waals surface area contributed by atoms with Crippen LogP contribution in [0.4, 0.5) is 0 Å². The van der Waals surface area contributed by atoms with E-state index in [1.54, 1.807) is 4.90 Å². The van der Waals surface area contributed by atoms with Gasteiger partial charge in [0.05, 0.1) is 0 Å². The summed E-state index contributed by atoms with van der Waals surface area (Å²) in [4.78, 5) is 26.1. The molecular weight excluding hydrogens is 304 g/mol. The number of hydrogen-bond donors (Lipinski definition) is 1. The van der Waals surface area contributed by atoms with Crippen LogP contribution >= 0.6 is 0 Å². The molecule has 5 nitrogen and oxygen atoms in total. The summed E-state index contributed by atoms with van der Waals surface area (Å²) in [5.74, 6) is 0.926. The third-order valence-electron chi connectivity index (χ3n) is 4.47. The summed E-state index contributed by atoms with van der Waals surface area (Å²) in [6.07, 6.45) is 3.28. The number of carbonyl (C=O) groups excluding carboxylic acids is 2. The van der Waals surface area contributed by atoms with Crippen molar-refractivity contribution in [2.24, 2.45) is 5.92 Å². The molecule has 1 heterocycles. The molecule has 0 spiro atoms. The van der Waals surface area contributed by atoms with Gasteiger partial charge in [0.15, 0.2) is 6.61 Å². The van der Waals surface area contributed by atoms with Crippen molar-refractivity contribution in [2.45, 2.75) is 39.5 Å². The summed E-state index contributed by atoms with van der Waals surface area (Å²) in [7, 11) is 0. The molecule has 0 bridgehead atoms. The molecule has 1 aliphatic heterocycles. The van der Waals surface area contributed by atoms with E-state index in [4.69, 9.17) is 4.74 Å². The fraction of sp³-hybridized carbons (Fsp3) is 0.579. The fourth-order valence-corrected chi connectivity index (χ4v) is 2.95. The topological polar surface area (TPSA) is 58.6 Å². The van der Waals surface area contributed by atoms with E-state index in [1.165, 1.54) is 0 Å². The normalized spacial score (nSPS) is 15.2. The summed E-state index contributed by atoms with van der Waals surface area (Å²) in [5, 5.41) is 2.94. The van der Waals surface area contributed by atoms with Gasteiger partial charge in [-0.25, -0.2) is 0 Å². The van der Waals surface area contributed by atoms with Crippen molar-refractivity contribution in [3.05, 3.63) is 29.8 Å². The number of rotatable bonds is 7. The van der Waals surface area contributed by atoms with Gasteiger partial charge >= 0.3 is 0 Å². The molecule has 2 amide bonds. The Morgan fingerprint density at radius 1 is 1.21 bits per heavy atom. The van der Waals surface area contributed by atoms with Gasteiger partial charge in [-0.2, -0.15) is 0 Å². The predicted molar refractivity (Wildman–Crippen MR) is 93.9 cm³/mol. The van der Waals surface area contributed by atoms with Crippen LogP contribution in [0.1, 0.15) is 38.7 Å². The Kier molecular flexibility index (Phi) is 7.09. The minimum atomic E-state index is -0.00618. The first-order chi connectivity index (χ1) is 11.7. The zero-order valence-electron chi connectivity index (χ0n) is 14.7. The molecule has 0 radical (unpaired) electrons. The minimum absolute atomic E-state index is 0.00618. The maximum atomic E-state index is 12.3. The third-order valence-corrected chi connectivity index (χ3v) is 4.47. The third kappa shape index (κ3) is 4.98. The lowest BCUT2D eigenvalue weighted by Crippen LogP contribution is -2.44. The van der Waals surface area contributed by atoms with Gasteiger partial charge in [-0.3, -0.25) is 9.59 Å². The van der Waals surface area contributed by atoms with Crippen LogP contribution in [0.3, 0.4) is 0 Å². The molecule has 0 atom stereocenters. The maximum Gasteiger partial charge on any atom is 0.260 e. The number of amides is 2. The van der Waals surface area contributed by atoms with E-state index in [9.17, 15) is 9.59 Å². The first-order valence-corrected chi connectivity index (χ1v) is 8.91.